The van der Waals surface area contributed by atoms with Crippen LogP contribution in [-0.4, -0.2) is 21.2 Å². The summed E-state index contributed by atoms with van der Waals surface area (Å²) in [7, 11) is 0. The number of rotatable bonds is 11. The van der Waals surface area contributed by atoms with Crippen LogP contribution in [-0.2, 0) is 6.18 Å². The number of halogens is 3. The Morgan fingerprint density at radius 1 is 0.276 bits per heavy atom. The fraction of sp³-hybridized carbons (Fsp3) is 0.0112. The van der Waals surface area contributed by atoms with Gasteiger partial charge in [0.25, 0.3) is 6.71 Å². The summed E-state index contributed by atoms with van der Waals surface area (Å²) >= 11 is 0. The second kappa shape index (κ2) is 23.7. The fourth-order valence-corrected chi connectivity index (χ4v) is 14.9. The molecule has 2 aromatic heterocycles. The Balaban J connectivity index is 0.871. The Kier molecular flexibility index (Phi) is 14.0. The van der Waals surface area contributed by atoms with E-state index in [0.717, 1.165) is 123 Å². The highest BCUT2D eigenvalue weighted by atomic mass is 19.4. The van der Waals surface area contributed by atoms with E-state index in [1.807, 2.05) is 89.5 Å². The molecule has 0 spiro atoms. The number of nitrogens with zero attached hydrogens (tertiary/aromatic N) is 5. The molecule has 0 N–H and O–H groups in total. The minimum atomic E-state index is -4.78. The third-order valence-electron chi connectivity index (χ3n) is 19.3. The van der Waals surface area contributed by atoms with Crippen LogP contribution in [0.15, 0.2) is 346 Å². The second-order valence-corrected chi connectivity index (χ2v) is 25.2. The Morgan fingerprint density at radius 3 is 1.13 bits per heavy atom. The second-order valence-electron chi connectivity index (χ2n) is 25.2. The zero-order chi connectivity index (χ0) is 65.4. The van der Waals surface area contributed by atoms with Crippen molar-refractivity contribution in [3.63, 3.8) is 0 Å². The molecule has 5 nitrogen and oxygen atoms in total. The van der Waals surface area contributed by atoms with E-state index in [1.54, 1.807) is 6.07 Å². The van der Waals surface area contributed by atoms with Crippen LogP contribution in [0.25, 0.3) is 117 Å². The summed E-state index contributed by atoms with van der Waals surface area (Å²) in [6.45, 7) is -0.163. The molecule has 4 heterocycles. The molecule has 2 aliphatic heterocycles. The van der Waals surface area contributed by atoms with Crippen LogP contribution in [0.4, 0.5) is 47.3 Å². The quantitative estimate of drug-likeness (QED) is 0.121. The molecule has 0 aliphatic carbocycles. The van der Waals surface area contributed by atoms with Crippen LogP contribution in [0.1, 0.15) is 5.56 Å². The van der Waals surface area contributed by atoms with Crippen molar-refractivity contribution in [3.05, 3.63) is 351 Å². The summed E-state index contributed by atoms with van der Waals surface area (Å²) in [6.07, 6.45) is -4.78. The molecule has 0 atom stereocenters. The molecule has 2 aliphatic rings. The molecule has 98 heavy (non-hydrogen) atoms. The minimum Gasteiger partial charge on any atom is -0.311 e. The molecule has 0 saturated heterocycles. The topological polar surface area (TPSA) is 37.2 Å². The fourth-order valence-electron chi connectivity index (χ4n) is 14.9. The first kappa shape index (κ1) is 58.0. The van der Waals surface area contributed by atoms with E-state index in [-0.39, 0.29) is 18.1 Å². The number of hydrogen-bond acceptors (Lipinski definition) is 4. The highest BCUT2D eigenvalue weighted by molar-refractivity contribution is 7.00. The average Bonchev–Trinajstić information content (AvgIpc) is 0.744. The number of hydrogen-bond donors (Lipinski definition) is 0. The summed E-state index contributed by atoms with van der Waals surface area (Å²) < 4.78 is 50.1. The molecule has 0 saturated carbocycles. The number of para-hydroxylation sites is 3. The number of fused-ring (bicyclic) bond motifs is 7. The minimum absolute atomic E-state index is 0.0171. The van der Waals surface area contributed by atoms with Crippen molar-refractivity contribution in [2.75, 3.05) is 9.80 Å². The maximum Gasteiger partial charge on any atom is 0.417 e. The van der Waals surface area contributed by atoms with Gasteiger partial charge in [-0.1, -0.05) is 243 Å². The van der Waals surface area contributed by atoms with Crippen LogP contribution in [0.5, 0.6) is 0 Å². The molecule has 0 fully saturated rings. The number of aromatic nitrogens is 3. The van der Waals surface area contributed by atoms with Gasteiger partial charge in [-0.2, -0.15) is 13.2 Å². The Hall–Kier alpha value is -12.6. The summed E-state index contributed by atoms with van der Waals surface area (Å²) in [5.41, 5.74) is 24.0. The zero-order valence-electron chi connectivity index (χ0n) is 52.9. The van der Waals surface area contributed by atoms with Gasteiger partial charge in [-0.25, -0.2) is 9.97 Å². The summed E-state index contributed by atoms with van der Waals surface area (Å²) in [6, 6.07) is 119. The maximum atomic E-state index is 16.0. The van der Waals surface area contributed by atoms with E-state index >= 15 is 13.2 Å². The van der Waals surface area contributed by atoms with Gasteiger partial charge in [-0.05, 0) is 175 Å². The smallest absolute Gasteiger partial charge is 0.311 e. The SMILES string of the molecule is FC(F)(F)c1cc(-n2c3ccccc3c3cc(-c4cc5c6c(c4)N(c4cc(-c7ccccc7)cc(-c7ccccc7)c4)c4ccccc4B6c4ccccc4N5c4cc(-c5ccccc5)cc(-c5ccccc5)c4)ccc32)ccc1-c1nc(-c2ccccc2)cc(-c2ccccc2)n1. The van der Waals surface area contributed by atoms with Crippen LogP contribution in [0, 0.1) is 0 Å². The molecule has 0 bridgehead atoms. The van der Waals surface area contributed by atoms with Crippen molar-refractivity contribution in [2.45, 2.75) is 6.18 Å². The predicted octanol–water partition coefficient (Wildman–Crippen LogP) is 22.0. The number of anilines is 6. The van der Waals surface area contributed by atoms with Crippen molar-refractivity contribution in [3.8, 4) is 95.2 Å². The monoisotopic (exact) mass is 1260 g/mol. The summed E-state index contributed by atoms with van der Waals surface area (Å²) in [5, 5.41) is 1.79. The lowest BCUT2D eigenvalue weighted by Crippen LogP contribution is -2.61. The lowest BCUT2D eigenvalue weighted by Gasteiger charge is -2.44. The lowest BCUT2D eigenvalue weighted by atomic mass is 9.33. The Morgan fingerprint density at radius 2 is 0.673 bits per heavy atom. The van der Waals surface area contributed by atoms with Crippen molar-refractivity contribution in [1.29, 1.82) is 0 Å². The Labute approximate surface area is 566 Å². The van der Waals surface area contributed by atoms with Gasteiger partial charge >= 0.3 is 6.18 Å². The molecular formula is C89H57BF3N5. The largest absolute Gasteiger partial charge is 0.417 e. The molecular weight excluding hydrogens is 1210 g/mol. The molecule has 18 rings (SSSR count). The van der Waals surface area contributed by atoms with Crippen LogP contribution in [0.3, 0.4) is 0 Å². The van der Waals surface area contributed by atoms with Crippen molar-refractivity contribution in [1.82, 2.24) is 14.5 Å². The summed E-state index contributed by atoms with van der Waals surface area (Å²) in [4.78, 5) is 14.7. The van der Waals surface area contributed by atoms with Crippen LogP contribution >= 0.6 is 0 Å². The van der Waals surface area contributed by atoms with Crippen LogP contribution in [0.2, 0.25) is 0 Å². The standard InChI is InChI=1S/C89H57BF3N5/c91-89(92,93)76-56-70(44-45-74(76)88-94-79(62-33-15-5-16-34-62)57-80(95-88)63-35-17-6-18-36-63)96-81-40-22-19-37-73(81)75-53-64(43-46-82(75)96)69-54-85-87-86(55-69)98(72-51-67(60-29-11-3-12-30-60)48-68(52-72)61-31-13-4-14-32-61)84-42-24-21-39-78(84)90(87)77-38-20-23-41-83(77)97(85)71-49-65(58-25-7-1-8-26-58)47-66(50-71)59-27-9-2-10-28-59/h1-57H. The first-order chi connectivity index (χ1) is 48.2. The van der Waals surface area contributed by atoms with Gasteiger partial charge in [0, 0.05) is 67.3 Å². The summed E-state index contributed by atoms with van der Waals surface area (Å²) in [5.74, 6) is -0.0171. The maximum absolute atomic E-state index is 16.0. The molecule has 9 heteroatoms. The van der Waals surface area contributed by atoms with Gasteiger partial charge in [0.2, 0.25) is 0 Å². The van der Waals surface area contributed by atoms with Gasteiger partial charge in [0.1, 0.15) is 0 Å². The van der Waals surface area contributed by atoms with E-state index in [0.29, 0.717) is 17.1 Å². The van der Waals surface area contributed by atoms with Gasteiger partial charge in [-0.3, -0.25) is 0 Å². The highest BCUT2D eigenvalue weighted by Gasteiger charge is 2.44. The van der Waals surface area contributed by atoms with Gasteiger partial charge in [-0.15, -0.1) is 0 Å². The predicted molar refractivity (Wildman–Crippen MR) is 399 cm³/mol. The van der Waals surface area contributed by atoms with Crippen molar-refractivity contribution < 1.29 is 13.2 Å². The van der Waals surface area contributed by atoms with Gasteiger partial charge < -0.3 is 14.4 Å². The van der Waals surface area contributed by atoms with E-state index in [9.17, 15) is 0 Å². The molecule has 0 amide bonds. The number of alkyl halides is 3. The van der Waals surface area contributed by atoms with Crippen molar-refractivity contribution >= 4 is 79.0 Å². The van der Waals surface area contributed by atoms with E-state index in [4.69, 9.17) is 9.97 Å². The normalized spacial score (nSPS) is 12.4. The number of benzene rings is 14. The third-order valence-corrected chi connectivity index (χ3v) is 19.3. The van der Waals surface area contributed by atoms with E-state index < -0.39 is 11.7 Å². The highest BCUT2D eigenvalue weighted by Crippen LogP contribution is 2.50. The molecule has 0 radical (unpaired) electrons. The first-order valence-corrected chi connectivity index (χ1v) is 33.0. The molecule has 462 valence electrons. The van der Waals surface area contributed by atoms with Gasteiger partial charge in [0.05, 0.1) is 28.0 Å². The van der Waals surface area contributed by atoms with Crippen LogP contribution < -0.4 is 26.2 Å². The average molecular weight is 1260 g/mol. The molecule has 0 unspecified atom stereocenters. The Bertz CT molecular complexity index is 5370. The van der Waals surface area contributed by atoms with E-state index in [1.165, 1.54) is 28.5 Å². The van der Waals surface area contributed by atoms with Gasteiger partial charge in [0.15, 0.2) is 5.82 Å². The van der Waals surface area contributed by atoms with E-state index in [2.05, 4.69) is 252 Å². The first-order valence-electron chi connectivity index (χ1n) is 33.0. The van der Waals surface area contributed by atoms with Crippen molar-refractivity contribution in [2.24, 2.45) is 0 Å². The molecule has 14 aromatic carbocycles. The molecule has 16 aromatic rings. The zero-order valence-corrected chi connectivity index (χ0v) is 52.9. The third kappa shape index (κ3) is 10.1. The lowest BCUT2D eigenvalue weighted by molar-refractivity contribution is -0.137.